The largest absolute Gasteiger partial charge is 0.504 e. The number of hydrogen-bond acceptors (Lipinski definition) is 26. The summed E-state index contributed by atoms with van der Waals surface area (Å²) in [6.45, 7) is -1.46. The Morgan fingerprint density at radius 3 is 1.35 bits per heavy atom. The topological polar surface area (TPSA) is 455 Å². The van der Waals surface area contributed by atoms with E-state index in [0.717, 1.165) is 7.11 Å². The summed E-state index contributed by atoms with van der Waals surface area (Å²) in [4.78, 5) is 70.8. The Balaban J connectivity index is 1.49. The van der Waals surface area contributed by atoms with Gasteiger partial charge in [0.15, 0.2) is 75.8 Å². The van der Waals surface area contributed by atoms with Gasteiger partial charge in [0.05, 0.1) is 40.8 Å². The van der Waals surface area contributed by atoms with Gasteiger partial charge in [-0.1, -0.05) is 0 Å². The first-order chi connectivity index (χ1) is 31.9. The maximum absolute atomic E-state index is 14.6. The van der Waals surface area contributed by atoms with Crippen molar-refractivity contribution in [3.63, 3.8) is 0 Å². The van der Waals surface area contributed by atoms with Crippen LogP contribution >= 0.6 is 0 Å². The Hall–Kier alpha value is -9.59. The minimum Gasteiger partial charge on any atom is -0.504 e. The van der Waals surface area contributed by atoms with Gasteiger partial charge in [-0.2, -0.15) is 0 Å². The predicted octanol–water partition coefficient (Wildman–Crippen LogP) is 1.36. The van der Waals surface area contributed by atoms with Gasteiger partial charge in [0.1, 0.15) is 12.7 Å². The highest BCUT2D eigenvalue weighted by molar-refractivity contribution is 6.11. The average molecular weight is 951 g/mol. The minimum absolute atomic E-state index is 0.342. The lowest BCUT2D eigenvalue weighted by molar-refractivity contribution is -0.132. The molecule has 3 heterocycles. The number of benzene rings is 5. The summed E-state index contributed by atoms with van der Waals surface area (Å²) in [5.74, 6) is -32.9. The third-order valence-corrected chi connectivity index (χ3v) is 11.4. The zero-order chi connectivity index (χ0) is 49.9. The fraction of sp³-hybridized carbons (Fsp3) is 0.167. The van der Waals surface area contributed by atoms with Gasteiger partial charge in [0.2, 0.25) is 28.7 Å². The number of carbonyl (C=O) groups excluding carboxylic acids is 5. The third-order valence-electron chi connectivity index (χ3n) is 11.4. The van der Waals surface area contributed by atoms with Crippen LogP contribution in [0.25, 0.3) is 22.3 Å². The Bertz CT molecular complexity index is 3140. The predicted molar refractivity (Wildman–Crippen MR) is 212 cm³/mol. The lowest BCUT2D eigenvalue weighted by Crippen LogP contribution is -2.55. The van der Waals surface area contributed by atoms with Crippen molar-refractivity contribution in [2.45, 2.75) is 30.3 Å². The van der Waals surface area contributed by atoms with Crippen LogP contribution in [-0.2, 0) is 23.7 Å². The first kappa shape index (κ1) is 45.0. The number of methoxy groups -OCH3 is 1. The van der Waals surface area contributed by atoms with E-state index in [1.54, 1.807) is 0 Å². The van der Waals surface area contributed by atoms with Gasteiger partial charge in [-0.3, -0.25) is 0 Å². The number of phenolic OH excluding ortho intramolecular Hbond substituents is 15. The van der Waals surface area contributed by atoms with Gasteiger partial charge in [-0.25, -0.2) is 24.0 Å². The van der Waals surface area contributed by atoms with E-state index in [9.17, 15) is 106 Å². The summed E-state index contributed by atoms with van der Waals surface area (Å²) in [5, 5.41) is 176. The van der Waals surface area contributed by atoms with Gasteiger partial charge < -0.3 is 105 Å². The number of hydrogen-bond donors (Lipinski definition) is 16. The molecule has 0 aromatic heterocycles. The fourth-order valence-corrected chi connectivity index (χ4v) is 8.29. The molecule has 5 atom stereocenters. The fourth-order valence-electron chi connectivity index (χ4n) is 8.29. The van der Waals surface area contributed by atoms with Crippen LogP contribution in [0.2, 0.25) is 0 Å². The van der Waals surface area contributed by atoms with E-state index < -0.39 is 214 Å². The van der Waals surface area contributed by atoms with Gasteiger partial charge >= 0.3 is 29.8 Å². The molecule has 2 bridgehead atoms. The van der Waals surface area contributed by atoms with Crippen LogP contribution in [0.1, 0.15) is 68.8 Å². The number of aliphatic hydroxyl groups excluding tert-OH is 1. The number of fused-ring (bicyclic) bond motifs is 7. The lowest BCUT2D eigenvalue weighted by Gasteiger charge is -2.42. The van der Waals surface area contributed by atoms with Gasteiger partial charge in [-0.05, 0) is 24.3 Å². The molecular weight excluding hydrogens is 920 g/mol. The van der Waals surface area contributed by atoms with Crippen LogP contribution in [0.4, 0.5) is 0 Å². The summed E-state index contributed by atoms with van der Waals surface area (Å²) in [7, 11) is 0.775. The lowest BCUT2D eigenvalue weighted by atomic mass is 9.73. The van der Waals surface area contributed by atoms with Crippen LogP contribution in [0, 0.1) is 0 Å². The van der Waals surface area contributed by atoms with Crippen molar-refractivity contribution in [2.75, 3.05) is 13.7 Å². The highest BCUT2D eigenvalue weighted by Crippen LogP contribution is 2.61. The van der Waals surface area contributed by atoms with Crippen molar-refractivity contribution in [3.05, 3.63) is 63.2 Å². The molecule has 3 aliphatic heterocycles. The summed E-state index contributed by atoms with van der Waals surface area (Å²) in [5.41, 5.74) is -12.4. The number of esters is 5. The normalized spacial score (nSPS) is 19.8. The first-order valence-corrected chi connectivity index (χ1v) is 18.9. The van der Waals surface area contributed by atoms with Crippen molar-refractivity contribution < 1.29 is 129 Å². The molecule has 5 aromatic carbocycles. The molecule has 0 aliphatic carbocycles. The van der Waals surface area contributed by atoms with Crippen molar-refractivity contribution in [3.8, 4) is 108 Å². The highest BCUT2D eigenvalue weighted by Gasteiger charge is 2.55. The number of aliphatic hydroxyl groups is 1. The van der Waals surface area contributed by atoms with E-state index in [4.69, 9.17) is 23.7 Å². The second-order valence-electron chi connectivity index (χ2n) is 15.1. The van der Waals surface area contributed by atoms with Gasteiger partial charge in [-0.15, -0.1) is 0 Å². The van der Waals surface area contributed by atoms with E-state index in [-0.39, 0.29) is 0 Å². The Morgan fingerprint density at radius 1 is 0.456 bits per heavy atom. The quantitative estimate of drug-likeness (QED) is 0.0689. The van der Waals surface area contributed by atoms with Crippen LogP contribution in [0.5, 0.6) is 86.2 Å². The van der Waals surface area contributed by atoms with Crippen molar-refractivity contribution >= 4 is 29.8 Å². The summed E-state index contributed by atoms with van der Waals surface area (Å²) >= 11 is 0. The standard InChI is InChI=1S/C42H30O26/c1-64-38(59)7-2-11(43)27(51)31(55)19(7)22-21-23-20(32(56)34(58)33(21)57)18-10(5-14(46)26(50)30(18)54)41(62)68-37(36(22)67-42(23)63)35-15(47)6-65-39(60)8-3-12(44)24(48)28(52)16(8)17-9(40(61)66-35)4-13(45)25(49)29(17)53/h2-5,15,22,35-37,43-58H,6H2,1H3/t15-,22+,35-,36+,37+/m1/s1. The van der Waals surface area contributed by atoms with Gasteiger partial charge in [0, 0.05) is 33.4 Å². The Kier molecular flexibility index (Phi) is 10.3. The number of rotatable bonds is 3. The molecule has 0 spiro atoms. The highest BCUT2D eigenvalue weighted by atomic mass is 16.6. The number of aromatic hydroxyl groups is 15. The summed E-state index contributed by atoms with van der Waals surface area (Å²) < 4.78 is 27.0. The number of ether oxygens (including phenoxy) is 5. The Labute approximate surface area is 374 Å². The second kappa shape index (κ2) is 15.5. The maximum atomic E-state index is 14.6. The van der Waals surface area contributed by atoms with E-state index in [1.807, 2.05) is 0 Å². The molecule has 26 nitrogen and oxygen atoms in total. The molecule has 8 rings (SSSR count). The third kappa shape index (κ3) is 6.33. The number of phenols is 15. The molecule has 26 heteroatoms. The molecule has 5 aromatic rings. The van der Waals surface area contributed by atoms with Gasteiger partial charge in [0.25, 0.3) is 0 Å². The van der Waals surface area contributed by atoms with E-state index in [1.165, 1.54) is 0 Å². The monoisotopic (exact) mass is 950 g/mol. The van der Waals surface area contributed by atoms with Crippen molar-refractivity contribution in [2.24, 2.45) is 0 Å². The average Bonchev–Trinajstić information content (AvgIpc) is 3.31. The minimum atomic E-state index is -2.82. The molecule has 0 radical (unpaired) electrons. The number of carbonyl (C=O) groups is 5. The molecule has 354 valence electrons. The van der Waals surface area contributed by atoms with Crippen LogP contribution < -0.4 is 0 Å². The van der Waals surface area contributed by atoms with Crippen molar-refractivity contribution in [1.82, 2.24) is 0 Å². The number of cyclic esters (lactones) is 3. The van der Waals surface area contributed by atoms with Crippen molar-refractivity contribution in [1.29, 1.82) is 0 Å². The molecule has 0 amide bonds. The molecule has 0 unspecified atom stereocenters. The smallest absolute Gasteiger partial charge is 0.339 e. The second-order valence-corrected chi connectivity index (χ2v) is 15.1. The van der Waals surface area contributed by atoms with Crippen LogP contribution in [-0.4, -0.2) is 150 Å². The van der Waals surface area contributed by atoms with E-state index in [2.05, 4.69) is 0 Å². The summed E-state index contributed by atoms with van der Waals surface area (Å²) in [6.07, 6.45) is -10.9. The van der Waals surface area contributed by atoms with Crippen LogP contribution in [0.3, 0.4) is 0 Å². The zero-order valence-electron chi connectivity index (χ0n) is 33.6. The molecule has 0 saturated heterocycles. The molecule has 0 fully saturated rings. The summed E-state index contributed by atoms with van der Waals surface area (Å²) in [6, 6.07) is 1.62. The molecular formula is C42H30O26. The van der Waals surface area contributed by atoms with E-state index >= 15 is 0 Å². The maximum Gasteiger partial charge on any atom is 0.339 e. The first-order valence-electron chi connectivity index (χ1n) is 18.9. The Morgan fingerprint density at radius 2 is 0.853 bits per heavy atom. The zero-order valence-corrected chi connectivity index (χ0v) is 33.6. The van der Waals surface area contributed by atoms with Crippen LogP contribution in [0.15, 0.2) is 24.3 Å². The van der Waals surface area contributed by atoms with E-state index in [0.29, 0.717) is 24.3 Å². The SMILES string of the molecule is COC(=O)c1cc(O)c(O)c(O)c1[C@H]1c2c(O)c(O)c(O)c3c2C(=O)O[C@@H]1[C@H]([C@@H]1OC(=O)c2cc(O)c(O)c(O)c2-c2c(cc(O)c(O)c2O)C(=O)OC[C@H]1O)OC(=O)c1cc(O)c(O)c(O)c1-3. The molecule has 68 heavy (non-hydrogen) atoms. The molecule has 3 aliphatic rings. The molecule has 0 saturated carbocycles. The molecule has 16 N–H and O–H groups in total.